The minimum absolute atomic E-state index is 0.230. The Morgan fingerprint density at radius 3 is 2.88 bits per heavy atom. The zero-order valence-electron chi connectivity index (χ0n) is 14.9. The molecule has 0 bridgehead atoms. The van der Waals surface area contributed by atoms with Crippen molar-refractivity contribution >= 4 is 16.8 Å². The molecule has 4 rings (SSSR count). The molecule has 3 aromatic rings. The Hall–Kier alpha value is -2.80. The largest absolute Gasteiger partial charge is 0.344 e. The summed E-state index contributed by atoms with van der Waals surface area (Å²) in [7, 11) is 0. The van der Waals surface area contributed by atoms with Gasteiger partial charge in [-0.2, -0.15) is 0 Å². The molecule has 1 amide bonds. The maximum Gasteiger partial charge on any atom is 0.274 e. The Balaban J connectivity index is 1.69. The van der Waals surface area contributed by atoms with Gasteiger partial charge in [0.2, 0.25) is 0 Å². The van der Waals surface area contributed by atoms with Crippen molar-refractivity contribution < 1.29 is 4.79 Å². The number of hydrogen-bond donors (Lipinski definition) is 2. The maximum atomic E-state index is 12.8. The molecule has 0 aliphatic heterocycles. The molecule has 1 aliphatic rings. The van der Waals surface area contributed by atoms with E-state index in [9.17, 15) is 4.79 Å². The molecule has 3 N–H and O–H groups in total. The molecule has 1 atom stereocenters. The molecule has 1 unspecified atom stereocenters. The lowest BCUT2D eigenvalue weighted by molar-refractivity contribution is 0.0892. The first kappa shape index (κ1) is 16.7. The summed E-state index contributed by atoms with van der Waals surface area (Å²) in [6.45, 7) is 4.26. The maximum absolute atomic E-state index is 12.8. The number of benzene rings is 1. The SMILES string of the molecule is Cc1c(C(=O)NC(C)(CN)C2CC2)nnn1-c1cccc2ncccc12. The number of carbonyl (C=O) groups is 1. The summed E-state index contributed by atoms with van der Waals surface area (Å²) in [6, 6.07) is 9.68. The van der Waals surface area contributed by atoms with Crippen LogP contribution in [0.15, 0.2) is 36.5 Å². The molecular weight excluding hydrogens is 328 g/mol. The van der Waals surface area contributed by atoms with E-state index in [2.05, 4.69) is 20.6 Å². The Morgan fingerprint density at radius 1 is 1.35 bits per heavy atom. The number of aromatic nitrogens is 4. The van der Waals surface area contributed by atoms with Crippen LogP contribution in [0.1, 0.15) is 35.9 Å². The Kier molecular flexibility index (Phi) is 3.96. The van der Waals surface area contributed by atoms with Gasteiger partial charge in [0.25, 0.3) is 5.91 Å². The number of nitrogens with two attached hydrogens (primary N) is 1. The van der Waals surface area contributed by atoms with Gasteiger partial charge in [-0.1, -0.05) is 11.3 Å². The standard InChI is InChI=1S/C19H22N6O/c1-12-17(18(26)22-19(2,11-20)13-8-9-13)23-24-25(12)16-7-3-6-15-14(16)5-4-10-21-15/h3-7,10,13H,8-9,11,20H2,1-2H3,(H,22,26). The van der Waals surface area contributed by atoms with Gasteiger partial charge in [-0.05, 0) is 56.9 Å². The van der Waals surface area contributed by atoms with Gasteiger partial charge in [0, 0.05) is 18.1 Å². The van der Waals surface area contributed by atoms with Gasteiger partial charge >= 0.3 is 0 Å². The number of fused-ring (bicyclic) bond motifs is 1. The molecule has 0 spiro atoms. The fourth-order valence-corrected chi connectivity index (χ4v) is 3.40. The summed E-state index contributed by atoms with van der Waals surface area (Å²) in [6.07, 6.45) is 3.95. The average molecular weight is 350 g/mol. The van der Waals surface area contributed by atoms with E-state index in [1.165, 1.54) is 0 Å². The highest BCUT2D eigenvalue weighted by atomic mass is 16.2. The van der Waals surface area contributed by atoms with Crippen LogP contribution in [0.25, 0.3) is 16.6 Å². The first-order valence-corrected chi connectivity index (χ1v) is 8.82. The number of carbonyl (C=O) groups excluding carboxylic acids is 1. The summed E-state index contributed by atoms with van der Waals surface area (Å²) >= 11 is 0. The van der Waals surface area contributed by atoms with Gasteiger partial charge < -0.3 is 11.1 Å². The van der Waals surface area contributed by atoms with Crippen LogP contribution in [0.3, 0.4) is 0 Å². The molecule has 1 saturated carbocycles. The smallest absolute Gasteiger partial charge is 0.274 e. The fourth-order valence-electron chi connectivity index (χ4n) is 3.40. The third kappa shape index (κ3) is 2.74. The van der Waals surface area contributed by atoms with Crippen molar-refractivity contribution in [3.05, 3.63) is 47.9 Å². The van der Waals surface area contributed by atoms with Crippen LogP contribution in [0.5, 0.6) is 0 Å². The normalized spacial score (nSPS) is 16.4. The van der Waals surface area contributed by atoms with Crippen molar-refractivity contribution in [1.82, 2.24) is 25.3 Å². The molecule has 1 aliphatic carbocycles. The minimum Gasteiger partial charge on any atom is -0.344 e. The monoisotopic (exact) mass is 350 g/mol. The zero-order valence-corrected chi connectivity index (χ0v) is 14.9. The predicted molar refractivity (Wildman–Crippen MR) is 99.0 cm³/mol. The number of pyridine rings is 1. The van der Waals surface area contributed by atoms with Crippen LogP contribution in [0, 0.1) is 12.8 Å². The molecule has 134 valence electrons. The van der Waals surface area contributed by atoms with E-state index >= 15 is 0 Å². The quantitative estimate of drug-likeness (QED) is 0.733. The molecule has 1 aromatic carbocycles. The first-order chi connectivity index (χ1) is 12.5. The summed E-state index contributed by atoms with van der Waals surface area (Å²) < 4.78 is 1.69. The lowest BCUT2D eigenvalue weighted by atomic mass is 9.95. The second-order valence-corrected chi connectivity index (χ2v) is 7.13. The predicted octanol–water partition coefficient (Wildman–Crippen LogP) is 1.98. The number of amides is 1. The van der Waals surface area contributed by atoms with E-state index in [-0.39, 0.29) is 5.91 Å². The van der Waals surface area contributed by atoms with Crippen LogP contribution in [0.4, 0.5) is 0 Å². The lowest BCUT2D eigenvalue weighted by Crippen LogP contribution is -2.53. The van der Waals surface area contributed by atoms with E-state index in [1.54, 1.807) is 10.9 Å². The fraction of sp³-hybridized carbons (Fsp3) is 0.368. The highest BCUT2D eigenvalue weighted by molar-refractivity contribution is 5.94. The molecule has 26 heavy (non-hydrogen) atoms. The summed E-state index contributed by atoms with van der Waals surface area (Å²) in [5, 5.41) is 12.4. The highest BCUT2D eigenvalue weighted by Gasteiger charge is 2.42. The number of hydrogen-bond acceptors (Lipinski definition) is 5. The number of rotatable bonds is 5. The molecular formula is C19H22N6O. The Morgan fingerprint density at radius 2 is 2.15 bits per heavy atom. The molecule has 0 radical (unpaired) electrons. The van der Waals surface area contributed by atoms with Crippen molar-refractivity contribution in [2.24, 2.45) is 11.7 Å². The first-order valence-electron chi connectivity index (χ1n) is 8.82. The molecule has 1 fully saturated rings. The van der Waals surface area contributed by atoms with Gasteiger partial charge in [0.05, 0.1) is 22.4 Å². The van der Waals surface area contributed by atoms with Crippen molar-refractivity contribution in [2.45, 2.75) is 32.2 Å². The summed E-state index contributed by atoms with van der Waals surface area (Å²) in [5.41, 5.74) is 8.25. The van der Waals surface area contributed by atoms with Gasteiger partial charge in [0.1, 0.15) is 0 Å². The zero-order chi connectivity index (χ0) is 18.3. The van der Waals surface area contributed by atoms with Crippen molar-refractivity contribution in [1.29, 1.82) is 0 Å². The Bertz CT molecular complexity index is 972. The van der Waals surface area contributed by atoms with Crippen molar-refractivity contribution in [3.63, 3.8) is 0 Å². The van der Waals surface area contributed by atoms with Crippen LogP contribution >= 0.6 is 0 Å². The molecule has 7 nitrogen and oxygen atoms in total. The second kappa shape index (κ2) is 6.17. The van der Waals surface area contributed by atoms with Gasteiger partial charge in [-0.25, -0.2) is 4.68 Å². The molecule has 7 heteroatoms. The van der Waals surface area contributed by atoms with Crippen LogP contribution < -0.4 is 11.1 Å². The lowest BCUT2D eigenvalue weighted by Gasteiger charge is -2.29. The van der Waals surface area contributed by atoms with Gasteiger partial charge in [0.15, 0.2) is 5.69 Å². The molecule has 0 saturated heterocycles. The molecule has 2 heterocycles. The van der Waals surface area contributed by atoms with Crippen LogP contribution in [-0.2, 0) is 0 Å². The van der Waals surface area contributed by atoms with Gasteiger partial charge in [-0.3, -0.25) is 9.78 Å². The summed E-state index contributed by atoms with van der Waals surface area (Å²) in [5.74, 6) is 0.211. The number of nitrogens with one attached hydrogen (secondary N) is 1. The summed E-state index contributed by atoms with van der Waals surface area (Å²) in [4.78, 5) is 17.2. The minimum atomic E-state index is -0.392. The van der Waals surface area contributed by atoms with Gasteiger partial charge in [-0.15, -0.1) is 5.10 Å². The van der Waals surface area contributed by atoms with E-state index in [0.717, 1.165) is 29.4 Å². The van der Waals surface area contributed by atoms with E-state index in [1.807, 2.05) is 44.2 Å². The third-order valence-electron chi connectivity index (χ3n) is 5.26. The van der Waals surface area contributed by atoms with Crippen LogP contribution in [0.2, 0.25) is 0 Å². The van der Waals surface area contributed by atoms with E-state index in [4.69, 9.17) is 5.73 Å². The van der Waals surface area contributed by atoms with Crippen LogP contribution in [-0.4, -0.2) is 38.0 Å². The molecule has 2 aromatic heterocycles. The highest BCUT2D eigenvalue weighted by Crippen LogP contribution is 2.39. The van der Waals surface area contributed by atoms with Crippen molar-refractivity contribution in [3.8, 4) is 5.69 Å². The second-order valence-electron chi connectivity index (χ2n) is 7.13. The van der Waals surface area contributed by atoms with E-state index < -0.39 is 5.54 Å². The van der Waals surface area contributed by atoms with Crippen molar-refractivity contribution in [2.75, 3.05) is 6.54 Å². The van der Waals surface area contributed by atoms with E-state index in [0.29, 0.717) is 23.9 Å². The average Bonchev–Trinajstić information content (AvgIpc) is 3.44. The number of nitrogens with zero attached hydrogens (tertiary/aromatic N) is 4. The third-order valence-corrected chi connectivity index (χ3v) is 5.26. The topological polar surface area (TPSA) is 98.7 Å². The Labute approximate surface area is 151 Å².